The van der Waals surface area contributed by atoms with Crippen LogP contribution in [0.2, 0.25) is 0 Å². The normalized spacial score (nSPS) is 11.4. The van der Waals surface area contributed by atoms with E-state index in [0.29, 0.717) is 5.56 Å². The van der Waals surface area contributed by atoms with Gasteiger partial charge in [-0.25, -0.2) is 13.1 Å². The Kier molecular flexibility index (Phi) is 5.56. The average molecular weight is 398 g/mol. The number of sulfonamides is 1. The van der Waals surface area contributed by atoms with E-state index < -0.39 is 16.0 Å². The van der Waals surface area contributed by atoms with Gasteiger partial charge in [-0.2, -0.15) is 0 Å². The lowest BCUT2D eigenvalue weighted by Gasteiger charge is -2.13. The summed E-state index contributed by atoms with van der Waals surface area (Å²) in [7, 11) is -3.79. The van der Waals surface area contributed by atoms with Gasteiger partial charge >= 0.3 is 5.97 Å². The predicted octanol–water partition coefficient (Wildman–Crippen LogP) is 3.18. The molecule has 7 heteroatoms. The summed E-state index contributed by atoms with van der Waals surface area (Å²) in [6.07, 6.45) is -0.267. The highest BCUT2D eigenvalue weighted by Crippen LogP contribution is 2.30. The smallest absolute Gasteiger partial charge is 0.304 e. The Bertz CT molecular complexity index is 834. The molecule has 0 saturated carbocycles. The fourth-order valence-corrected chi connectivity index (χ4v) is 3.77. The van der Waals surface area contributed by atoms with Crippen LogP contribution < -0.4 is 4.72 Å². The van der Waals surface area contributed by atoms with Gasteiger partial charge in [0, 0.05) is 16.6 Å². The summed E-state index contributed by atoms with van der Waals surface area (Å²) < 4.78 is 28.2. The van der Waals surface area contributed by atoms with Crippen LogP contribution in [0.5, 0.6) is 0 Å². The van der Waals surface area contributed by atoms with Gasteiger partial charge in [0.2, 0.25) is 10.0 Å². The number of carboxylic acids is 1. The molecule has 2 aromatic carbocycles. The van der Waals surface area contributed by atoms with Crippen LogP contribution in [-0.4, -0.2) is 26.0 Å². The first-order valence-electron chi connectivity index (χ1n) is 6.87. The van der Waals surface area contributed by atoms with E-state index in [1.54, 1.807) is 12.1 Å². The van der Waals surface area contributed by atoms with E-state index in [1.807, 2.05) is 31.2 Å². The largest absolute Gasteiger partial charge is 0.481 e. The van der Waals surface area contributed by atoms with Crippen molar-refractivity contribution in [2.24, 2.45) is 0 Å². The molecule has 0 saturated heterocycles. The number of aryl methyl sites for hydroxylation is 1. The highest BCUT2D eigenvalue weighted by Gasteiger charge is 2.19. The molecule has 2 aromatic rings. The van der Waals surface area contributed by atoms with Crippen LogP contribution in [0.25, 0.3) is 11.1 Å². The zero-order valence-corrected chi connectivity index (χ0v) is 14.8. The standard InChI is InChI=1S/C16H16BrNO4S/c1-11-5-6-15(23(21,22)18-8-7-16(19)20)14(9-11)12-3-2-4-13(17)10-12/h2-6,9-10,18H,7-8H2,1H3,(H,19,20). The van der Waals surface area contributed by atoms with Gasteiger partial charge in [0.05, 0.1) is 11.3 Å². The molecule has 122 valence electrons. The lowest BCUT2D eigenvalue weighted by Crippen LogP contribution is -2.26. The summed E-state index contributed by atoms with van der Waals surface area (Å²) in [6.45, 7) is 1.74. The Morgan fingerprint density at radius 3 is 2.61 bits per heavy atom. The molecule has 0 fully saturated rings. The van der Waals surface area contributed by atoms with E-state index >= 15 is 0 Å². The predicted molar refractivity (Wildman–Crippen MR) is 91.8 cm³/mol. The minimum Gasteiger partial charge on any atom is -0.481 e. The third-order valence-electron chi connectivity index (χ3n) is 3.19. The van der Waals surface area contributed by atoms with Crippen molar-refractivity contribution < 1.29 is 18.3 Å². The highest BCUT2D eigenvalue weighted by molar-refractivity contribution is 9.10. The topological polar surface area (TPSA) is 83.5 Å². The van der Waals surface area contributed by atoms with Crippen LogP contribution in [0, 0.1) is 6.92 Å². The Hall–Kier alpha value is -1.70. The van der Waals surface area contributed by atoms with E-state index in [4.69, 9.17) is 5.11 Å². The number of halogens is 1. The van der Waals surface area contributed by atoms with Crippen LogP contribution in [0.1, 0.15) is 12.0 Å². The first-order valence-corrected chi connectivity index (χ1v) is 9.15. The number of carbonyl (C=O) groups is 1. The van der Waals surface area contributed by atoms with Crippen molar-refractivity contribution in [3.8, 4) is 11.1 Å². The number of hydrogen-bond donors (Lipinski definition) is 2. The fourth-order valence-electron chi connectivity index (χ4n) is 2.13. The van der Waals surface area contributed by atoms with Crippen molar-refractivity contribution in [3.05, 3.63) is 52.5 Å². The minimum atomic E-state index is -3.79. The number of benzene rings is 2. The lowest BCUT2D eigenvalue weighted by molar-refractivity contribution is -0.136. The fraction of sp³-hybridized carbons (Fsp3) is 0.188. The molecule has 2 N–H and O–H groups in total. The SMILES string of the molecule is Cc1ccc(S(=O)(=O)NCCC(=O)O)c(-c2cccc(Br)c2)c1. The maximum atomic E-state index is 12.5. The molecule has 0 spiro atoms. The molecule has 0 amide bonds. The molecule has 0 aromatic heterocycles. The van der Waals surface area contributed by atoms with Crippen molar-refractivity contribution in [2.45, 2.75) is 18.2 Å². The summed E-state index contributed by atoms with van der Waals surface area (Å²) in [4.78, 5) is 10.7. The van der Waals surface area contributed by atoms with Gasteiger partial charge in [-0.05, 0) is 30.7 Å². The van der Waals surface area contributed by atoms with Gasteiger partial charge in [-0.1, -0.05) is 45.8 Å². The Morgan fingerprint density at radius 1 is 1.22 bits per heavy atom. The summed E-state index contributed by atoms with van der Waals surface area (Å²) in [6, 6.07) is 12.4. The van der Waals surface area contributed by atoms with E-state index in [-0.39, 0.29) is 17.9 Å². The molecule has 0 aliphatic heterocycles. The third kappa shape index (κ3) is 4.63. The van der Waals surface area contributed by atoms with Crippen molar-refractivity contribution in [3.63, 3.8) is 0 Å². The van der Waals surface area contributed by atoms with Gasteiger partial charge in [0.15, 0.2) is 0 Å². The van der Waals surface area contributed by atoms with Crippen molar-refractivity contribution in [2.75, 3.05) is 6.54 Å². The van der Waals surface area contributed by atoms with Crippen LogP contribution in [-0.2, 0) is 14.8 Å². The van der Waals surface area contributed by atoms with Crippen molar-refractivity contribution in [1.29, 1.82) is 0 Å². The number of carboxylic acid groups (broad SMARTS) is 1. The molecule has 0 aliphatic rings. The first kappa shape index (κ1) is 17.7. The van der Waals surface area contributed by atoms with E-state index in [0.717, 1.165) is 15.6 Å². The molecular weight excluding hydrogens is 382 g/mol. The van der Waals surface area contributed by atoms with Gasteiger partial charge in [-0.3, -0.25) is 4.79 Å². The molecule has 0 heterocycles. The second-order valence-electron chi connectivity index (χ2n) is 5.05. The number of rotatable bonds is 6. The van der Waals surface area contributed by atoms with Gasteiger partial charge < -0.3 is 5.11 Å². The first-order chi connectivity index (χ1) is 10.8. The molecule has 5 nitrogen and oxygen atoms in total. The van der Waals surface area contributed by atoms with Crippen molar-refractivity contribution >= 4 is 31.9 Å². The van der Waals surface area contributed by atoms with Gasteiger partial charge in [0.1, 0.15) is 0 Å². The summed E-state index contributed by atoms with van der Waals surface area (Å²) in [5, 5.41) is 8.64. The zero-order valence-electron chi connectivity index (χ0n) is 12.4. The zero-order chi connectivity index (χ0) is 17.0. The van der Waals surface area contributed by atoms with Crippen LogP contribution >= 0.6 is 15.9 Å². The summed E-state index contributed by atoms with van der Waals surface area (Å²) in [5.41, 5.74) is 2.28. The van der Waals surface area contributed by atoms with Crippen molar-refractivity contribution in [1.82, 2.24) is 4.72 Å². The Balaban J connectivity index is 2.45. The Labute approximate surface area is 143 Å². The molecule has 23 heavy (non-hydrogen) atoms. The number of hydrogen-bond acceptors (Lipinski definition) is 3. The van der Waals surface area contributed by atoms with E-state index in [1.165, 1.54) is 6.07 Å². The number of nitrogens with one attached hydrogen (secondary N) is 1. The lowest BCUT2D eigenvalue weighted by atomic mass is 10.0. The summed E-state index contributed by atoms with van der Waals surface area (Å²) in [5.74, 6) is -1.05. The second-order valence-corrected chi connectivity index (χ2v) is 7.70. The number of aliphatic carboxylic acids is 1. The van der Waals surface area contributed by atoms with Gasteiger partial charge in [0.25, 0.3) is 0 Å². The second kappa shape index (κ2) is 7.25. The maximum absolute atomic E-state index is 12.5. The van der Waals surface area contributed by atoms with E-state index in [9.17, 15) is 13.2 Å². The maximum Gasteiger partial charge on any atom is 0.304 e. The van der Waals surface area contributed by atoms with Crippen LogP contribution in [0.3, 0.4) is 0 Å². The molecule has 2 rings (SSSR count). The Morgan fingerprint density at radius 2 is 1.96 bits per heavy atom. The van der Waals surface area contributed by atoms with E-state index in [2.05, 4.69) is 20.7 Å². The molecule has 0 aliphatic carbocycles. The molecule has 0 unspecified atom stereocenters. The third-order valence-corrected chi connectivity index (χ3v) is 5.20. The quantitative estimate of drug-likeness (QED) is 0.783. The van der Waals surface area contributed by atoms with Crippen LogP contribution in [0.4, 0.5) is 0 Å². The molecule has 0 radical (unpaired) electrons. The molecule has 0 bridgehead atoms. The highest BCUT2D eigenvalue weighted by atomic mass is 79.9. The summed E-state index contributed by atoms with van der Waals surface area (Å²) >= 11 is 3.38. The monoisotopic (exact) mass is 397 g/mol. The van der Waals surface area contributed by atoms with Gasteiger partial charge in [-0.15, -0.1) is 0 Å². The van der Waals surface area contributed by atoms with Crippen LogP contribution in [0.15, 0.2) is 51.8 Å². The minimum absolute atomic E-state index is 0.131. The molecule has 0 atom stereocenters. The average Bonchev–Trinajstić information content (AvgIpc) is 2.46. The molecular formula is C16H16BrNO4S.